The molecule has 4 rings (SSSR count). The van der Waals surface area contributed by atoms with Crippen LogP contribution in [0.3, 0.4) is 0 Å². The van der Waals surface area contributed by atoms with Gasteiger partial charge in [0.25, 0.3) is 0 Å². The molecule has 3 heterocycles. The number of carbonyl (C=O) groups is 1. The molecular formula is C18H19N5O3S. The number of fused-ring (bicyclic) bond motifs is 1. The quantitative estimate of drug-likeness (QED) is 0.715. The molecule has 1 aliphatic heterocycles. The molecule has 0 spiro atoms. The number of nitrogens with zero attached hydrogens (tertiary/aromatic N) is 4. The fourth-order valence-electron chi connectivity index (χ4n) is 3.06. The minimum Gasteiger partial charge on any atom is -0.494 e. The van der Waals surface area contributed by atoms with Gasteiger partial charge in [0.15, 0.2) is 5.13 Å². The summed E-state index contributed by atoms with van der Waals surface area (Å²) in [6, 6.07) is 5.83. The summed E-state index contributed by atoms with van der Waals surface area (Å²) in [7, 11) is 1.63. The van der Waals surface area contributed by atoms with Gasteiger partial charge in [-0.15, -0.1) is 0 Å². The van der Waals surface area contributed by atoms with Crippen molar-refractivity contribution >= 4 is 28.2 Å². The fourth-order valence-corrected chi connectivity index (χ4v) is 4.10. The minimum atomic E-state index is -0.890. The smallest absolute Gasteiger partial charge is 0.407 e. The molecule has 0 saturated carbocycles. The van der Waals surface area contributed by atoms with Crippen LogP contribution in [-0.4, -0.2) is 44.3 Å². The maximum absolute atomic E-state index is 11.2. The van der Waals surface area contributed by atoms with E-state index in [2.05, 4.69) is 15.3 Å². The van der Waals surface area contributed by atoms with Crippen molar-refractivity contribution in [2.24, 2.45) is 0 Å². The van der Waals surface area contributed by atoms with Crippen LogP contribution < -0.4 is 10.1 Å². The van der Waals surface area contributed by atoms with Gasteiger partial charge in [-0.05, 0) is 19.1 Å². The Kier molecular flexibility index (Phi) is 4.44. The molecule has 0 aliphatic carbocycles. The molecule has 2 N–H and O–H groups in total. The van der Waals surface area contributed by atoms with Crippen molar-refractivity contribution in [3.63, 3.8) is 0 Å². The number of carboxylic acid groups (broad SMARTS) is 1. The van der Waals surface area contributed by atoms with Gasteiger partial charge in [0.1, 0.15) is 5.75 Å². The third kappa shape index (κ3) is 3.45. The first-order valence-electron chi connectivity index (χ1n) is 8.46. The highest BCUT2D eigenvalue weighted by Gasteiger charge is 2.23. The molecule has 2 aromatic heterocycles. The Bertz CT molecular complexity index is 997. The SMILES string of the molecule is COc1cc(Nc2nc3c(s2)CN(C(=O)O)CC3)ccc1-n1cnc(C)c1. The summed E-state index contributed by atoms with van der Waals surface area (Å²) < 4.78 is 7.45. The van der Waals surface area contributed by atoms with Crippen molar-refractivity contribution in [3.8, 4) is 11.4 Å². The number of thiazole rings is 1. The molecule has 1 aliphatic rings. The van der Waals surface area contributed by atoms with Gasteiger partial charge in [-0.2, -0.15) is 0 Å². The number of rotatable bonds is 4. The van der Waals surface area contributed by atoms with E-state index in [-0.39, 0.29) is 0 Å². The number of methoxy groups -OCH3 is 1. The second-order valence-electron chi connectivity index (χ2n) is 6.28. The molecule has 140 valence electrons. The summed E-state index contributed by atoms with van der Waals surface area (Å²) in [5, 5.41) is 13.2. The Morgan fingerprint density at radius 3 is 2.96 bits per heavy atom. The van der Waals surface area contributed by atoms with E-state index in [1.807, 2.05) is 35.9 Å². The van der Waals surface area contributed by atoms with Gasteiger partial charge in [-0.1, -0.05) is 11.3 Å². The standard InChI is InChI=1S/C18H19N5O3S/c1-11-8-23(10-19-11)14-4-3-12(7-15(14)26-2)20-17-21-13-5-6-22(18(24)25)9-16(13)27-17/h3-4,7-8,10H,5-6,9H2,1-2H3,(H,20,21)(H,24,25). The molecule has 1 amide bonds. The van der Waals surface area contributed by atoms with Crippen LogP contribution in [-0.2, 0) is 13.0 Å². The summed E-state index contributed by atoms with van der Waals surface area (Å²) >= 11 is 1.49. The molecule has 1 aromatic carbocycles. The third-order valence-electron chi connectivity index (χ3n) is 4.42. The van der Waals surface area contributed by atoms with Gasteiger partial charge in [-0.25, -0.2) is 14.8 Å². The molecule has 9 heteroatoms. The summed E-state index contributed by atoms with van der Waals surface area (Å²) in [5.74, 6) is 0.718. The normalized spacial score (nSPS) is 13.3. The average molecular weight is 385 g/mol. The fraction of sp³-hybridized carbons (Fsp3) is 0.278. The van der Waals surface area contributed by atoms with E-state index in [1.54, 1.807) is 13.4 Å². The number of hydrogen-bond donors (Lipinski definition) is 2. The topological polar surface area (TPSA) is 92.5 Å². The molecule has 3 aromatic rings. The zero-order valence-corrected chi connectivity index (χ0v) is 15.8. The Morgan fingerprint density at radius 2 is 2.26 bits per heavy atom. The van der Waals surface area contributed by atoms with E-state index in [1.165, 1.54) is 16.2 Å². The van der Waals surface area contributed by atoms with Crippen LogP contribution in [0.2, 0.25) is 0 Å². The zero-order valence-electron chi connectivity index (χ0n) is 15.0. The number of aryl methyl sites for hydroxylation is 1. The second-order valence-corrected chi connectivity index (χ2v) is 7.36. The predicted octanol–water partition coefficient (Wildman–Crippen LogP) is 3.43. The second kappa shape index (κ2) is 6.92. The van der Waals surface area contributed by atoms with Crippen molar-refractivity contribution in [1.82, 2.24) is 19.4 Å². The zero-order chi connectivity index (χ0) is 19.0. The summed E-state index contributed by atoms with van der Waals surface area (Å²) in [6.07, 6.45) is 3.44. The van der Waals surface area contributed by atoms with Crippen molar-refractivity contribution < 1.29 is 14.6 Å². The predicted molar refractivity (Wildman–Crippen MR) is 102 cm³/mol. The first kappa shape index (κ1) is 17.3. The Hall–Kier alpha value is -3.07. The monoisotopic (exact) mass is 385 g/mol. The van der Waals surface area contributed by atoms with Crippen molar-refractivity contribution in [2.45, 2.75) is 19.9 Å². The van der Waals surface area contributed by atoms with E-state index in [4.69, 9.17) is 9.84 Å². The number of nitrogens with one attached hydrogen (secondary N) is 1. The van der Waals surface area contributed by atoms with Crippen LogP contribution in [0.1, 0.15) is 16.3 Å². The summed E-state index contributed by atoms with van der Waals surface area (Å²) in [5.41, 5.74) is 3.66. The molecule has 8 nitrogen and oxygen atoms in total. The van der Waals surface area contributed by atoms with Crippen LogP contribution in [0.25, 0.3) is 5.69 Å². The molecule has 0 saturated heterocycles. The Morgan fingerprint density at radius 1 is 1.41 bits per heavy atom. The van der Waals surface area contributed by atoms with Gasteiger partial charge in [-0.3, -0.25) is 0 Å². The lowest BCUT2D eigenvalue weighted by Gasteiger charge is -2.22. The van der Waals surface area contributed by atoms with Gasteiger partial charge < -0.3 is 24.6 Å². The van der Waals surface area contributed by atoms with E-state index in [0.29, 0.717) is 19.5 Å². The van der Waals surface area contributed by atoms with Crippen LogP contribution in [0.15, 0.2) is 30.7 Å². The van der Waals surface area contributed by atoms with E-state index in [9.17, 15) is 4.79 Å². The summed E-state index contributed by atoms with van der Waals surface area (Å²) in [6.45, 7) is 2.82. The van der Waals surface area contributed by atoms with Crippen molar-refractivity contribution in [1.29, 1.82) is 0 Å². The largest absolute Gasteiger partial charge is 0.494 e. The third-order valence-corrected chi connectivity index (χ3v) is 5.42. The Balaban J connectivity index is 1.56. The lowest BCUT2D eigenvalue weighted by atomic mass is 10.2. The van der Waals surface area contributed by atoms with E-state index < -0.39 is 6.09 Å². The highest BCUT2D eigenvalue weighted by molar-refractivity contribution is 7.15. The minimum absolute atomic E-state index is 0.395. The summed E-state index contributed by atoms with van der Waals surface area (Å²) in [4.78, 5) is 22.4. The van der Waals surface area contributed by atoms with Gasteiger partial charge >= 0.3 is 6.09 Å². The molecule has 0 unspecified atom stereocenters. The van der Waals surface area contributed by atoms with Crippen LogP contribution in [0.5, 0.6) is 5.75 Å². The highest BCUT2D eigenvalue weighted by atomic mass is 32.1. The maximum atomic E-state index is 11.2. The number of aromatic nitrogens is 3. The average Bonchev–Trinajstić information content (AvgIpc) is 3.26. The van der Waals surface area contributed by atoms with Crippen molar-refractivity contribution in [3.05, 3.63) is 47.0 Å². The van der Waals surface area contributed by atoms with Gasteiger partial charge in [0, 0.05) is 35.8 Å². The van der Waals surface area contributed by atoms with E-state index >= 15 is 0 Å². The number of anilines is 2. The Labute approximate surface area is 160 Å². The molecule has 0 fully saturated rings. The number of imidazole rings is 1. The maximum Gasteiger partial charge on any atom is 0.407 e. The number of benzene rings is 1. The molecular weight excluding hydrogens is 366 g/mol. The highest BCUT2D eigenvalue weighted by Crippen LogP contribution is 2.32. The van der Waals surface area contributed by atoms with E-state index in [0.717, 1.165) is 38.5 Å². The van der Waals surface area contributed by atoms with Gasteiger partial charge in [0.2, 0.25) is 0 Å². The first-order valence-corrected chi connectivity index (χ1v) is 9.27. The molecule has 0 bridgehead atoms. The lowest BCUT2D eigenvalue weighted by molar-refractivity contribution is 0.140. The number of hydrogen-bond acceptors (Lipinski definition) is 6. The van der Waals surface area contributed by atoms with Crippen LogP contribution >= 0.6 is 11.3 Å². The number of ether oxygens (including phenoxy) is 1. The van der Waals surface area contributed by atoms with Crippen LogP contribution in [0.4, 0.5) is 15.6 Å². The number of amides is 1. The van der Waals surface area contributed by atoms with Crippen molar-refractivity contribution in [2.75, 3.05) is 19.0 Å². The molecule has 0 atom stereocenters. The van der Waals surface area contributed by atoms with Gasteiger partial charge in [0.05, 0.1) is 37.1 Å². The lowest BCUT2D eigenvalue weighted by Crippen LogP contribution is -2.34. The molecule has 27 heavy (non-hydrogen) atoms. The first-order chi connectivity index (χ1) is 13.0. The van der Waals surface area contributed by atoms with Crippen LogP contribution in [0, 0.1) is 6.92 Å². The molecule has 0 radical (unpaired) electrons.